The third kappa shape index (κ3) is 5.10. The summed E-state index contributed by atoms with van der Waals surface area (Å²) in [6.45, 7) is 2.35. The van der Waals surface area contributed by atoms with E-state index in [4.69, 9.17) is 27.4 Å². The van der Waals surface area contributed by atoms with E-state index in [1.165, 1.54) is 25.7 Å². The molecular weight excluding hydrogens is 270 g/mol. The quantitative estimate of drug-likeness (QED) is 0.560. The van der Waals surface area contributed by atoms with Crippen LogP contribution in [0.1, 0.15) is 37.7 Å². The molecule has 0 atom stereocenters. The summed E-state index contributed by atoms with van der Waals surface area (Å²) in [5, 5.41) is 0. The molecule has 110 valence electrons. The first kappa shape index (κ1) is 15.3. The van der Waals surface area contributed by atoms with Crippen molar-refractivity contribution in [2.75, 3.05) is 19.8 Å². The normalized spacial score (nSPS) is 14.8. The number of hydrogen-bond donors (Lipinski definition) is 1. The first-order valence-electron chi connectivity index (χ1n) is 7.36. The van der Waals surface area contributed by atoms with Gasteiger partial charge in [0.05, 0.1) is 6.61 Å². The second-order valence-corrected chi connectivity index (χ2v) is 5.73. The predicted octanol–water partition coefficient (Wildman–Crippen LogP) is 3.30. The van der Waals surface area contributed by atoms with Gasteiger partial charge in [-0.15, -0.1) is 0 Å². The van der Waals surface area contributed by atoms with E-state index in [9.17, 15) is 0 Å². The van der Waals surface area contributed by atoms with Crippen LogP contribution in [0.5, 0.6) is 5.75 Å². The van der Waals surface area contributed by atoms with Crippen molar-refractivity contribution >= 4 is 17.2 Å². The Labute approximate surface area is 126 Å². The van der Waals surface area contributed by atoms with E-state index in [0.29, 0.717) is 11.6 Å². The van der Waals surface area contributed by atoms with Gasteiger partial charge in [0.25, 0.3) is 0 Å². The van der Waals surface area contributed by atoms with E-state index < -0.39 is 0 Å². The van der Waals surface area contributed by atoms with Gasteiger partial charge < -0.3 is 15.2 Å². The highest BCUT2D eigenvalue weighted by atomic mass is 32.1. The number of rotatable bonds is 9. The highest BCUT2D eigenvalue weighted by Crippen LogP contribution is 2.29. The summed E-state index contributed by atoms with van der Waals surface area (Å²) in [5.41, 5.74) is 6.41. The lowest BCUT2D eigenvalue weighted by Crippen LogP contribution is -2.14. The van der Waals surface area contributed by atoms with Crippen molar-refractivity contribution in [3.63, 3.8) is 0 Å². The summed E-state index contributed by atoms with van der Waals surface area (Å²) in [6, 6.07) is 7.55. The molecule has 0 radical (unpaired) electrons. The van der Waals surface area contributed by atoms with Crippen LogP contribution >= 0.6 is 12.2 Å². The Balaban J connectivity index is 1.50. The number of benzene rings is 1. The Morgan fingerprint density at radius 3 is 2.50 bits per heavy atom. The minimum Gasteiger partial charge on any atom is -0.494 e. The summed E-state index contributed by atoms with van der Waals surface area (Å²) < 4.78 is 11.3. The summed E-state index contributed by atoms with van der Waals surface area (Å²) in [6.07, 6.45) is 6.35. The van der Waals surface area contributed by atoms with Crippen LogP contribution in [0, 0.1) is 5.92 Å². The van der Waals surface area contributed by atoms with E-state index >= 15 is 0 Å². The standard InChI is InChI=1S/C16H23NO2S/c17-16(20)14-5-7-15(8-6-14)19-11-2-10-18-12-9-13-3-1-4-13/h5-8,13H,1-4,9-12H2,(H2,17,20). The zero-order chi connectivity index (χ0) is 14.2. The number of hydrogen-bond acceptors (Lipinski definition) is 3. The van der Waals surface area contributed by atoms with Crippen molar-refractivity contribution in [3.05, 3.63) is 29.8 Å². The smallest absolute Gasteiger partial charge is 0.119 e. The topological polar surface area (TPSA) is 44.5 Å². The van der Waals surface area contributed by atoms with E-state index in [-0.39, 0.29) is 0 Å². The Morgan fingerprint density at radius 1 is 1.15 bits per heavy atom. The summed E-state index contributed by atoms with van der Waals surface area (Å²) >= 11 is 4.90. The van der Waals surface area contributed by atoms with Gasteiger partial charge in [-0.25, -0.2) is 0 Å². The molecule has 1 aliphatic rings. The zero-order valence-electron chi connectivity index (χ0n) is 11.8. The molecule has 0 spiro atoms. The van der Waals surface area contributed by atoms with Gasteiger partial charge in [0.1, 0.15) is 10.7 Å². The molecule has 0 saturated heterocycles. The molecule has 2 N–H and O–H groups in total. The average Bonchev–Trinajstić information content (AvgIpc) is 2.40. The van der Waals surface area contributed by atoms with Crippen molar-refractivity contribution in [2.24, 2.45) is 11.7 Å². The number of nitrogens with two attached hydrogens (primary N) is 1. The first-order valence-corrected chi connectivity index (χ1v) is 7.77. The molecule has 4 heteroatoms. The molecular formula is C16H23NO2S. The Bertz CT molecular complexity index is 415. The molecule has 1 aromatic rings. The molecule has 1 fully saturated rings. The Hall–Kier alpha value is -1.13. The first-order chi connectivity index (χ1) is 9.75. The minimum absolute atomic E-state index is 0.413. The van der Waals surface area contributed by atoms with E-state index in [1.807, 2.05) is 24.3 Å². The number of thiocarbonyl (C=S) groups is 1. The maximum Gasteiger partial charge on any atom is 0.119 e. The molecule has 3 nitrogen and oxygen atoms in total. The van der Waals surface area contributed by atoms with Crippen molar-refractivity contribution in [1.82, 2.24) is 0 Å². The molecule has 0 aliphatic heterocycles. The van der Waals surface area contributed by atoms with Crippen molar-refractivity contribution < 1.29 is 9.47 Å². The van der Waals surface area contributed by atoms with E-state index in [0.717, 1.165) is 36.9 Å². The minimum atomic E-state index is 0.413. The van der Waals surface area contributed by atoms with E-state index in [1.54, 1.807) is 0 Å². The van der Waals surface area contributed by atoms with Gasteiger partial charge in [0.15, 0.2) is 0 Å². The van der Waals surface area contributed by atoms with Crippen LogP contribution in [0.4, 0.5) is 0 Å². The Morgan fingerprint density at radius 2 is 1.90 bits per heavy atom. The van der Waals surface area contributed by atoms with Gasteiger partial charge in [-0.1, -0.05) is 31.5 Å². The molecule has 20 heavy (non-hydrogen) atoms. The van der Waals surface area contributed by atoms with Gasteiger partial charge in [0, 0.05) is 25.2 Å². The summed E-state index contributed by atoms with van der Waals surface area (Å²) in [5.74, 6) is 1.78. The molecule has 2 rings (SSSR count). The van der Waals surface area contributed by atoms with Crippen LogP contribution in [-0.2, 0) is 4.74 Å². The maximum atomic E-state index is 5.64. The SMILES string of the molecule is NC(=S)c1ccc(OCCCOCCC2CCC2)cc1. The van der Waals surface area contributed by atoms with Crippen LogP contribution < -0.4 is 10.5 Å². The number of ether oxygens (including phenoxy) is 2. The largest absolute Gasteiger partial charge is 0.494 e. The van der Waals surface area contributed by atoms with Gasteiger partial charge in [-0.3, -0.25) is 0 Å². The van der Waals surface area contributed by atoms with Gasteiger partial charge in [0.2, 0.25) is 0 Å². The van der Waals surface area contributed by atoms with Crippen LogP contribution in [0.2, 0.25) is 0 Å². The predicted molar refractivity (Wildman–Crippen MR) is 85.2 cm³/mol. The van der Waals surface area contributed by atoms with Crippen molar-refractivity contribution in [2.45, 2.75) is 32.1 Å². The maximum absolute atomic E-state index is 5.64. The monoisotopic (exact) mass is 293 g/mol. The Kier molecular flexibility index (Phi) is 6.27. The van der Waals surface area contributed by atoms with Crippen molar-refractivity contribution in [1.29, 1.82) is 0 Å². The molecule has 0 aromatic heterocycles. The van der Waals surface area contributed by atoms with Crippen molar-refractivity contribution in [3.8, 4) is 5.75 Å². The highest BCUT2D eigenvalue weighted by molar-refractivity contribution is 7.80. The summed E-state index contributed by atoms with van der Waals surface area (Å²) in [4.78, 5) is 0.413. The lowest BCUT2D eigenvalue weighted by atomic mass is 9.83. The van der Waals surface area contributed by atoms with Crippen LogP contribution in [-0.4, -0.2) is 24.8 Å². The van der Waals surface area contributed by atoms with Gasteiger partial charge in [-0.05, 0) is 36.6 Å². The lowest BCUT2D eigenvalue weighted by molar-refractivity contribution is 0.0961. The second-order valence-electron chi connectivity index (χ2n) is 5.29. The third-order valence-corrected chi connectivity index (χ3v) is 3.97. The van der Waals surface area contributed by atoms with Gasteiger partial charge in [-0.2, -0.15) is 0 Å². The van der Waals surface area contributed by atoms with E-state index in [2.05, 4.69) is 0 Å². The average molecular weight is 293 g/mol. The molecule has 1 aromatic carbocycles. The molecule has 1 aliphatic carbocycles. The van der Waals surface area contributed by atoms with Crippen LogP contribution in [0.3, 0.4) is 0 Å². The highest BCUT2D eigenvalue weighted by Gasteiger charge is 2.16. The summed E-state index contributed by atoms with van der Waals surface area (Å²) in [7, 11) is 0. The fourth-order valence-electron chi connectivity index (χ4n) is 2.20. The third-order valence-electron chi connectivity index (χ3n) is 3.74. The molecule has 0 heterocycles. The molecule has 0 amide bonds. The zero-order valence-corrected chi connectivity index (χ0v) is 12.7. The lowest BCUT2D eigenvalue weighted by Gasteiger charge is -2.24. The fourth-order valence-corrected chi connectivity index (χ4v) is 2.34. The second kappa shape index (κ2) is 8.22. The van der Waals surface area contributed by atoms with Crippen LogP contribution in [0.15, 0.2) is 24.3 Å². The molecule has 1 saturated carbocycles. The van der Waals surface area contributed by atoms with Gasteiger partial charge >= 0.3 is 0 Å². The molecule has 0 bridgehead atoms. The molecule has 0 unspecified atom stereocenters. The van der Waals surface area contributed by atoms with Crippen LogP contribution in [0.25, 0.3) is 0 Å². The fraction of sp³-hybridized carbons (Fsp3) is 0.562.